The van der Waals surface area contributed by atoms with Crippen LogP contribution in [0.1, 0.15) is 24.3 Å². The Morgan fingerprint density at radius 2 is 1.86 bits per heavy atom. The minimum Gasteiger partial charge on any atom is -0.398 e. The molecule has 4 nitrogen and oxygen atoms in total. The molecule has 2 aromatic rings. The molecule has 0 aliphatic rings. The predicted octanol–water partition coefficient (Wildman–Crippen LogP) is 3.24. The van der Waals surface area contributed by atoms with Crippen molar-refractivity contribution in [3.05, 3.63) is 46.8 Å². The highest BCUT2D eigenvalue weighted by atomic mass is 32.2. The molecule has 2 N–H and O–H groups in total. The maximum atomic E-state index is 12.8. The summed E-state index contributed by atoms with van der Waals surface area (Å²) in [6.07, 6.45) is 0. The smallest absolute Gasteiger partial charge is 0.253 e. The van der Waals surface area contributed by atoms with Crippen molar-refractivity contribution in [1.82, 2.24) is 4.31 Å². The summed E-state index contributed by atoms with van der Waals surface area (Å²) < 4.78 is 27.5. The molecule has 0 amide bonds. The van der Waals surface area contributed by atoms with Gasteiger partial charge in [0, 0.05) is 23.2 Å². The van der Waals surface area contributed by atoms with Gasteiger partial charge in [0.05, 0.1) is 0 Å². The summed E-state index contributed by atoms with van der Waals surface area (Å²) in [7, 11) is -3.50. The third-order valence-electron chi connectivity index (χ3n) is 3.24. The Balaban J connectivity index is 2.38. The minimum atomic E-state index is -3.50. The van der Waals surface area contributed by atoms with Gasteiger partial charge in [-0.25, -0.2) is 8.42 Å². The SMILES string of the molecule is Cc1ccc(S(=O)(=O)N(Cc2ccccc2N)C(C)C)s1. The largest absolute Gasteiger partial charge is 0.398 e. The van der Waals surface area contributed by atoms with Crippen molar-refractivity contribution in [2.45, 2.75) is 37.6 Å². The van der Waals surface area contributed by atoms with Crippen LogP contribution in [-0.4, -0.2) is 18.8 Å². The summed E-state index contributed by atoms with van der Waals surface area (Å²) in [6, 6.07) is 10.7. The summed E-state index contributed by atoms with van der Waals surface area (Å²) >= 11 is 1.29. The number of benzene rings is 1. The molecule has 2 rings (SSSR count). The van der Waals surface area contributed by atoms with E-state index in [1.807, 2.05) is 45.0 Å². The molecule has 1 heterocycles. The first-order chi connectivity index (χ1) is 9.82. The van der Waals surface area contributed by atoms with Gasteiger partial charge in [0.1, 0.15) is 4.21 Å². The normalized spacial score (nSPS) is 12.2. The Labute approximate surface area is 130 Å². The number of nitrogens with zero attached hydrogens (tertiary/aromatic N) is 1. The Morgan fingerprint density at radius 1 is 1.19 bits per heavy atom. The van der Waals surface area contributed by atoms with Gasteiger partial charge >= 0.3 is 0 Å². The highest BCUT2D eigenvalue weighted by Crippen LogP contribution is 2.27. The minimum absolute atomic E-state index is 0.142. The van der Waals surface area contributed by atoms with Crippen LogP contribution in [0.4, 0.5) is 5.69 Å². The van der Waals surface area contributed by atoms with Crippen molar-refractivity contribution in [3.8, 4) is 0 Å². The van der Waals surface area contributed by atoms with Crippen LogP contribution in [0, 0.1) is 6.92 Å². The van der Waals surface area contributed by atoms with E-state index in [0.29, 0.717) is 9.90 Å². The van der Waals surface area contributed by atoms with E-state index in [4.69, 9.17) is 5.73 Å². The predicted molar refractivity (Wildman–Crippen MR) is 87.8 cm³/mol. The van der Waals surface area contributed by atoms with Crippen molar-refractivity contribution < 1.29 is 8.42 Å². The molecular weight excluding hydrogens is 304 g/mol. The molecule has 0 aliphatic carbocycles. The molecule has 0 spiro atoms. The average molecular weight is 324 g/mol. The van der Waals surface area contributed by atoms with Gasteiger partial charge < -0.3 is 5.73 Å². The van der Waals surface area contributed by atoms with Crippen LogP contribution >= 0.6 is 11.3 Å². The number of rotatable bonds is 5. The number of nitrogen functional groups attached to an aromatic ring is 1. The number of sulfonamides is 1. The number of nitrogens with two attached hydrogens (primary N) is 1. The van der Waals surface area contributed by atoms with Crippen molar-refractivity contribution in [2.75, 3.05) is 5.73 Å². The third-order valence-corrected chi connectivity index (χ3v) is 6.73. The first-order valence-corrected chi connectivity index (χ1v) is 8.99. The zero-order valence-electron chi connectivity index (χ0n) is 12.4. The lowest BCUT2D eigenvalue weighted by atomic mass is 10.2. The molecule has 114 valence electrons. The molecule has 0 saturated carbocycles. The van der Waals surface area contributed by atoms with Gasteiger partial charge in [-0.15, -0.1) is 11.3 Å². The highest BCUT2D eigenvalue weighted by molar-refractivity contribution is 7.91. The van der Waals surface area contributed by atoms with E-state index in [1.54, 1.807) is 12.1 Å². The van der Waals surface area contributed by atoms with E-state index in [9.17, 15) is 8.42 Å². The third kappa shape index (κ3) is 3.45. The van der Waals surface area contributed by atoms with Gasteiger partial charge in [0.15, 0.2) is 0 Å². The van der Waals surface area contributed by atoms with Gasteiger partial charge in [0.2, 0.25) is 0 Å². The molecule has 0 radical (unpaired) electrons. The first-order valence-electron chi connectivity index (χ1n) is 6.74. The number of para-hydroxylation sites is 1. The fourth-order valence-electron chi connectivity index (χ4n) is 2.06. The average Bonchev–Trinajstić information content (AvgIpc) is 2.84. The molecule has 0 atom stereocenters. The topological polar surface area (TPSA) is 63.4 Å². The molecule has 21 heavy (non-hydrogen) atoms. The zero-order chi connectivity index (χ0) is 15.6. The number of thiophene rings is 1. The van der Waals surface area contributed by atoms with Gasteiger partial charge in [-0.1, -0.05) is 18.2 Å². The molecule has 0 unspecified atom stereocenters. The summed E-state index contributed by atoms with van der Waals surface area (Å²) in [5, 5.41) is 0. The Hall–Kier alpha value is -1.37. The molecule has 0 bridgehead atoms. The van der Waals surface area contributed by atoms with Gasteiger partial charge in [-0.3, -0.25) is 0 Å². The fraction of sp³-hybridized carbons (Fsp3) is 0.333. The van der Waals surface area contributed by atoms with Crippen LogP contribution in [0.2, 0.25) is 0 Å². The van der Waals surface area contributed by atoms with Gasteiger partial charge in [-0.2, -0.15) is 4.31 Å². The standard InChI is InChI=1S/C15H20N2O2S2/c1-11(2)17(10-13-6-4-5-7-14(13)16)21(18,19)15-9-8-12(3)20-15/h4-9,11H,10,16H2,1-3H3. The number of anilines is 1. The highest BCUT2D eigenvalue weighted by Gasteiger charge is 2.28. The summed E-state index contributed by atoms with van der Waals surface area (Å²) in [6.45, 7) is 5.93. The van der Waals surface area contributed by atoms with E-state index in [1.165, 1.54) is 15.6 Å². The van der Waals surface area contributed by atoms with Crippen molar-refractivity contribution in [2.24, 2.45) is 0 Å². The maximum absolute atomic E-state index is 12.8. The summed E-state index contributed by atoms with van der Waals surface area (Å²) in [4.78, 5) is 0.983. The first kappa shape index (κ1) is 16.0. The second-order valence-corrected chi connectivity index (χ2v) is 8.61. The van der Waals surface area contributed by atoms with Crippen molar-refractivity contribution >= 4 is 27.0 Å². The molecule has 0 aliphatic heterocycles. The fourth-order valence-corrected chi connectivity index (χ4v) is 5.09. The quantitative estimate of drug-likeness (QED) is 0.859. The summed E-state index contributed by atoms with van der Waals surface area (Å²) in [5.41, 5.74) is 7.37. The second kappa shape index (κ2) is 6.17. The van der Waals surface area contributed by atoms with E-state index >= 15 is 0 Å². The maximum Gasteiger partial charge on any atom is 0.253 e. The van der Waals surface area contributed by atoms with Crippen LogP contribution in [0.5, 0.6) is 0 Å². The van der Waals surface area contributed by atoms with Crippen LogP contribution in [0.3, 0.4) is 0 Å². The second-order valence-electron chi connectivity index (χ2n) is 5.21. The summed E-state index contributed by atoms with van der Waals surface area (Å²) in [5.74, 6) is 0. The van der Waals surface area contributed by atoms with Gasteiger partial charge in [-0.05, 0) is 44.5 Å². The number of aryl methyl sites for hydroxylation is 1. The van der Waals surface area contributed by atoms with Crippen molar-refractivity contribution in [1.29, 1.82) is 0 Å². The molecule has 1 aromatic heterocycles. The Morgan fingerprint density at radius 3 is 2.38 bits per heavy atom. The zero-order valence-corrected chi connectivity index (χ0v) is 14.0. The van der Waals surface area contributed by atoms with E-state index in [-0.39, 0.29) is 12.6 Å². The lowest BCUT2D eigenvalue weighted by molar-refractivity contribution is 0.349. The Bertz CT molecular complexity index is 721. The number of hydrogen-bond donors (Lipinski definition) is 1. The van der Waals surface area contributed by atoms with Crippen LogP contribution in [0.15, 0.2) is 40.6 Å². The molecule has 6 heteroatoms. The molecular formula is C15H20N2O2S2. The number of hydrogen-bond acceptors (Lipinski definition) is 4. The van der Waals surface area contributed by atoms with Gasteiger partial charge in [0.25, 0.3) is 10.0 Å². The van der Waals surface area contributed by atoms with Crippen molar-refractivity contribution in [3.63, 3.8) is 0 Å². The van der Waals surface area contributed by atoms with E-state index < -0.39 is 10.0 Å². The molecule has 0 fully saturated rings. The van der Waals surface area contributed by atoms with E-state index in [2.05, 4.69) is 0 Å². The monoisotopic (exact) mass is 324 g/mol. The molecule has 1 aromatic carbocycles. The Kier molecular flexibility index (Phi) is 4.70. The molecule has 0 saturated heterocycles. The van der Waals surface area contributed by atoms with E-state index in [0.717, 1.165) is 10.4 Å². The lowest BCUT2D eigenvalue weighted by Crippen LogP contribution is -2.36. The lowest BCUT2D eigenvalue weighted by Gasteiger charge is -2.25. The van der Waals surface area contributed by atoms with Crippen LogP contribution in [0.25, 0.3) is 0 Å². The van der Waals surface area contributed by atoms with Crippen LogP contribution in [-0.2, 0) is 16.6 Å². The van der Waals surface area contributed by atoms with Crippen LogP contribution < -0.4 is 5.73 Å².